The molecule has 1 heterocycles. The van der Waals surface area contributed by atoms with Crippen LogP contribution < -0.4 is 16.8 Å². The van der Waals surface area contributed by atoms with Crippen LogP contribution in [0, 0.1) is 0 Å². The van der Waals surface area contributed by atoms with Gasteiger partial charge in [0, 0.05) is 24.8 Å². The molecular weight excluding hydrogens is 349 g/mol. The monoisotopic (exact) mass is 374 g/mol. The minimum Gasteiger partial charge on any atom is -0.444 e. The lowest BCUT2D eigenvalue weighted by Crippen LogP contribution is -2.47. The highest BCUT2D eigenvalue weighted by Gasteiger charge is 2.38. The average Bonchev–Trinajstić information content (AvgIpc) is 2.48. The van der Waals surface area contributed by atoms with E-state index in [9.17, 15) is 18.0 Å². The standard InChI is InChI=1S/C17H25F3N4O2/c1-16(2,3)26-15(25)24-8-4-5-10(9-24)23-14-12(22)7-6-11(21)13(14)17(18,19)20/h6-7,10,23H,4-5,8-9,21-22H2,1-3H3. The Morgan fingerprint density at radius 1 is 1.23 bits per heavy atom. The highest BCUT2D eigenvalue weighted by molar-refractivity contribution is 5.78. The number of amides is 1. The minimum atomic E-state index is -4.64. The highest BCUT2D eigenvalue weighted by atomic mass is 19.4. The Morgan fingerprint density at radius 3 is 2.42 bits per heavy atom. The summed E-state index contributed by atoms with van der Waals surface area (Å²) in [5.41, 5.74) is 8.99. The molecule has 1 unspecified atom stereocenters. The molecule has 1 saturated heterocycles. The maximum atomic E-state index is 13.4. The van der Waals surface area contributed by atoms with E-state index in [-0.39, 0.29) is 24.0 Å². The molecule has 0 aromatic heterocycles. The van der Waals surface area contributed by atoms with Crippen LogP contribution in [0.4, 0.5) is 35.0 Å². The fourth-order valence-electron chi connectivity index (χ4n) is 2.89. The average molecular weight is 374 g/mol. The number of anilines is 3. The van der Waals surface area contributed by atoms with Gasteiger partial charge in [0.1, 0.15) is 11.2 Å². The normalized spacial score (nSPS) is 18.5. The lowest BCUT2D eigenvalue weighted by atomic mass is 10.0. The van der Waals surface area contributed by atoms with Gasteiger partial charge in [0.25, 0.3) is 0 Å². The Bertz CT molecular complexity index is 671. The van der Waals surface area contributed by atoms with Crippen molar-refractivity contribution in [3.05, 3.63) is 17.7 Å². The van der Waals surface area contributed by atoms with Crippen molar-refractivity contribution in [3.63, 3.8) is 0 Å². The summed E-state index contributed by atoms with van der Waals surface area (Å²) in [4.78, 5) is 13.7. The van der Waals surface area contributed by atoms with E-state index >= 15 is 0 Å². The third-order valence-corrected chi connectivity index (χ3v) is 3.97. The first-order chi connectivity index (χ1) is 11.9. The molecule has 0 spiro atoms. The summed E-state index contributed by atoms with van der Waals surface area (Å²) in [5, 5.41) is 2.84. The number of hydrogen-bond donors (Lipinski definition) is 3. The van der Waals surface area contributed by atoms with Gasteiger partial charge in [0.2, 0.25) is 0 Å². The van der Waals surface area contributed by atoms with Crippen molar-refractivity contribution in [2.75, 3.05) is 29.9 Å². The Labute approximate surface area is 150 Å². The Hall–Kier alpha value is -2.32. The van der Waals surface area contributed by atoms with Gasteiger partial charge in [-0.15, -0.1) is 0 Å². The number of nitrogen functional groups attached to an aromatic ring is 2. The largest absolute Gasteiger partial charge is 0.444 e. The van der Waals surface area contributed by atoms with E-state index < -0.39 is 29.1 Å². The molecule has 1 aromatic rings. The van der Waals surface area contributed by atoms with Gasteiger partial charge < -0.3 is 26.4 Å². The third kappa shape index (κ3) is 4.86. The van der Waals surface area contributed by atoms with Crippen molar-refractivity contribution in [2.24, 2.45) is 0 Å². The Balaban J connectivity index is 2.19. The van der Waals surface area contributed by atoms with Gasteiger partial charge in [0.15, 0.2) is 0 Å². The number of nitrogens with two attached hydrogens (primary N) is 2. The Kier molecular flexibility index (Phi) is 5.48. The summed E-state index contributed by atoms with van der Waals surface area (Å²) in [6.45, 7) is 5.99. The molecule has 1 amide bonds. The van der Waals surface area contributed by atoms with E-state index in [4.69, 9.17) is 16.2 Å². The molecule has 0 saturated carbocycles. The first kappa shape index (κ1) is 20.0. The minimum absolute atomic E-state index is 0.0408. The first-order valence-corrected chi connectivity index (χ1v) is 8.38. The van der Waals surface area contributed by atoms with Crippen molar-refractivity contribution in [3.8, 4) is 0 Å². The van der Waals surface area contributed by atoms with E-state index in [2.05, 4.69) is 5.32 Å². The summed E-state index contributed by atoms with van der Waals surface area (Å²) < 4.78 is 45.5. The van der Waals surface area contributed by atoms with Gasteiger partial charge in [-0.3, -0.25) is 0 Å². The molecule has 5 N–H and O–H groups in total. The van der Waals surface area contributed by atoms with Gasteiger partial charge in [0.05, 0.1) is 11.4 Å². The van der Waals surface area contributed by atoms with Crippen molar-refractivity contribution in [1.82, 2.24) is 4.90 Å². The number of hydrogen-bond acceptors (Lipinski definition) is 5. The van der Waals surface area contributed by atoms with Crippen LogP contribution in [0.25, 0.3) is 0 Å². The predicted octanol–water partition coefficient (Wildman–Crippen LogP) is 3.68. The van der Waals surface area contributed by atoms with Crippen LogP contribution in [-0.4, -0.2) is 35.7 Å². The van der Waals surface area contributed by atoms with Gasteiger partial charge in [-0.2, -0.15) is 13.2 Å². The van der Waals surface area contributed by atoms with Gasteiger partial charge in [-0.25, -0.2) is 4.79 Å². The third-order valence-electron chi connectivity index (χ3n) is 3.97. The summed E-state index contributed by atoms with van der Waals surface area (Å²) in [5.74, 6) is 0. The molecule has 0 radical (unpaired) electrons. The second kappa shape index (κ2) is 7.13. The van der Waals surface area contributed by atoms with Crippen LogP contribution in [-0.2, 0) is 10.9 Å². The number of carbonyl (C=O) groups is 1. The first-order valence-electron chi connectivity index (χ1n) is 8.38. The molecule has 6 nitrogen and oxygen atoms in total. The van der Waals surface area contributed by atoms with Crippen LogP contribution >= 0.6 is 0 Å². The van der Waals surface area contributed by atoms with E-state index in [0.717, 1.165) is 6.07 Å². The van der Waals surface area contributed by atoms with Gasteiger partial charge >= 0.3 is 12.3 Å². The maximum Gasteiger partial charge on any atom is 0.420 e. The number of benzene rings is 1. The molecule has 146 valence electrons. The predicted molar refractivity (Wildman–Crippen MR) is 94.7 cm³/mol. The molecule has 26 heavy (non-hydrogen) atoms. The van der Waals surface area contributed by atoms with Crippen LogP contribution in [0.5, 0.6) is 0 Å². The maximum absolute atomic E-state index is 13.4. The SMILES string of the molecule is CC(C)(C)OC(=O)N1CCCC(Nc2c(N)ccc(N)c2C(F)(F)F)C1. The van der Waals surface area contributed by atoms with E-state index in [0.29, 0.717) is 19.4 Å². The molecule has 1 aromatic carbocycles. The second-order valence-electron chi connectivity index (χ2n) is 7.40. The van der Waals surface area contributed by atoms with Crippen LogP contribution in [0.2, 0.25) is 0 Å². The molecular formula is C17H25F3N4O2. The van der Waals surface area contributed by atoms with Crippen LogP contribution in [0.1, 0.15) is 39.2 Å². The molecule has 9 heteroatoms. The zero-order valence-electron chi connectivity index (χ0n) is 15.1. The zero-order valence-corrected chi connectivity index (χ0v) is 15.1. The molecule has 1 aliphatic rings. The number of nitrogens with one attached hydrogen (secondary N) is 1. The van der Waals surface area contributed by atoms with Gasteiger partial charge in [-0.1, -0.05) is 0 Å². The number of nitrogens with zero attached hydrogens (tertiary/aromatic N) is 1. The highest BCUT2D eigenvalue weighted by Crippen LogP contribution is 2.42. The van der Waals surface area contributed by atoms with E-state index in [1.807, 2.05) is 0 Å². The van der Waals surface area contributed by atoms with Crippen LogP contribution in [0.15, 0.2) is 12.1 Å². The fraction of sp³-hybridized carbons (Fsp3) is 0.588. The second-order valence-corrected chi connectivity index (χ2v) is 7.40. The number of piperidine rings is 1. The Morgan fingerprint density at radius 2 is 1.85 bits per heavy atom. The molecule has 1 aliphatic heterocycles. The van der Waals surface area contributed by atoms with Crippen LogP contribution in [0.3, 0.4) is 0 Å². The van der Waals surface area contributed by atoms with Gasteiger partial charge in [-0.05, 0) is 45.7 Å². The quantitative estimate of drug-likeness (QED) is 0.687. The van der Waals surface area contributed by atoms with Crippen molar-refractivity contribution in [2.45, 2.75) is 51.4 Å². The number of ether oxygens (including phenoxy) is 1. The summed E-state index contributed by atoms with van der Waals surface area (Å²) in [7, 11) is 0. The van der Waals surface area contributed by atoms with Crippen molar-refractivity contribution >= 4 is 23.2 Å². The number of rotatable bonds is 2. The number of halogens is 3. The molecule has 0 bridgehead atoms. The topological polar surface area (TPSA) is 93.6 Å². The van der Waals surface area contributed by atoms with Crippen molar-refractivity contribution < 1.29 is 22.7 Å². The zero-order chi connectivity index (χ0) is 19.7. The number of carbonyl (C=O) groups excluding carboxylic acids is 1. The lowest BCUT2D eigenvalue weighted by molar-refractivity contribution is -0.136. The molecule has 1 fully saturated rings. The number of alkyl halides is 3. The number of likely N-dealkylation sites (tertiary alicyclic amines) is 1. The fourth-order valence-corrected chi connectivity index (χ4v) is 2.89. The molecule has 0 aliphatic carbocycles. The lowest BCUT2D eigenvalue weighted by Gasteiger charge is -2.35. The summed E-state index contributed by atoms with van der Waals surface area (Å²) in [6.07, 6.45) is -3.88. The summed E-state index contributed by atoms with van der Waals surface area (Å²) in [6, 6.07) is 2.08. The van der Waals surface area contributed by atoms with Crippen molar-refractivity contribution in [1.29, 1.82) is 0 Å². The molecule has 2 rings (SSSR count). The smallest absolute Gasteiger partial charge is 0.420 e. The van der Waals surface area contributed by atoms with E-state index in [1.54, 1.807) is 20.8 Å². The molecule has 1 atom stereocenters. The van der Waals surface area contributed by atoms with E-state index in [1.165, 1.54) is 11.0 Å². The summed E-state index contributed by atoms with van der Waals surface area (Å²) >= 11 is 0.